The second kappa shape index (κ2) is 9.05. The zero-order valence-corrected chi connectivity index (χ0v) is 15.9. The van der Waals surface area contributed by atoms with Gasteiger partial charge < -0.3 is 24.5 Å². The summed E-state index contributed by atoms with van der Waals surface area (Å²) in [4.78, 5) is 19.6. The number of carbonyl (C=O) groups is 2. The van der Waals surface area contributed by atoms with Gasteiger partial charge in [0, 0.05) is 34.6 Å². The molecule has 6 nitrogen and oxygen atoms in total. The van der Waals surface area contributed by atoms with E-state index in [4.69, 9.17) is 31.4 Å². The van der Waals surface area contributed by atoms with Crippen LogP contribution in [0.2, 0.25) is 5.02 Å². The smallest absolute Gasteiger partial charge is 0.351 e. The van der Waals surface area contributed by atoms with Gasteiger partial charge in [-0.2, -0.15) is 0 Å². The lowest BCUT2D eigenvalue weighted by atomic mass is 9.95. The number of hydrogen-bond acceptors (Lipinski definition) is 3. The number of nitrogens with one attached hydrogen (secondary N) is 1. The molecule has 2 N–H and O–H groups in total. The predicted octanol–water partition coefficient (Wildman–Crippen LogP) is 0.529. The molecule has 0 aliphatic heterocycles. The van der Waals surface area contributed by atoms with Gasteiger partial charge in [-0.3, -0.25) is 0 Å². The van der Waals surface area contributed by atoms with Crippen molar-refractivity contribution in [3.63, 3.8) is 0 Å². The van der Waals surface area contributed by atoms with Gasteiger partial charge in [0.1, 0.15) is 0 Å². The first-order valence-electron chi connectivity index (χ1n) is 8.84. The first kappa shape index (κ1) is 20.3. The minimum atomic E-state index is -2.07. The lowest BCUT2D eigenvalue weighted by Gasteiger charge is -2.16. The fraction of sp³-hybridized carbons (Fsp3) is 0.474. The summed E-state index contributed by atoms with van der Waals surface area (Å²) in [5.74, 6) is -4.01. The van der Waals surface area contributed by atoms with Gasteiger partial charge in [0.15, 0.2) is 5.97 Å². The molecule has 1 aromatic carbocycles. The normalized spacial score (nSPS) is 13.2. The molecule has 0 spiro atoms. The second-order valence-electron chi connectivity index (χ2n) is 6.85. The number of benzene rings is 1. The molecule has 2 aromatic rings. The van der Waals surface area contributed by atoms with Crippen LogP contribution in [0, 0.1) is 0 Å². The molecule has 0 unspecified atom stereocenters. The van der Waals surface area contributed by atoms with Crippen LogP contribution in [-0.2, 0) is 29.0 Å². The molecule has 26 heavy (non-hydrogen) atoms. The number of carboxylic acids is 2. The quantitative estimate of drug-likeness (QED) is 0.757. The van der Waals surface area contributed by atoms with Gasteiger partial charge >= 0.3 is 5.97 Å². The Morgan fingerprint density at radius 2 is 1.92 bits per heavy atom. The van der Waals surface area contributed by atoms with Crippen LogP contribution in [0.1, 0.15) is 30.5 Å². The Morgan fingerprint density at radius 1 is 1.27 bits per heavy atom. The third-order valence-corrected chi connectivity index (χ3v) is 4.81. The minimum absolute atomic E-state index is 0.862. The van der Waals surface area contributed by atoms with E-state index < -0.39 is 11.9 Å². The summed E-state index contributed by atoms with van der Waals surface area (Å²) >= 11 is 6.20. The second-order valence-corrected chi connectivity index (χ2v) is 7.29. The van der Waals surface area contributed by atoms with Crippen molar-refractivity contribution in [3.8, 4) is 0 Å². The van der Waals surface area contributed by atoms with Crippen molar-refractivity contribution in [1.82, 2.24) is 4.57 Å². The number of carboxylic acid groups (broad SMARTS) is 2. The number of hydrogen-bond donors (Lipinski definition) is 2. The van der Waals surface area contributed by atoms with Crippen molar-refractivity contribution in [2.24, 2.45) is 0 Å². The van der Waals surface area contributed by atoms with Gasteiger partial charge in [0.25, 0.3) is 0 Å². The molecular weight excluding hydrogens is 356 g/mol. The summed E-state index contributed by atoms with van der Waals surface area (Å²) < 4.78 is 2.56. The molecule has 1 aromatic heterocycles. The molecule has 0 saturated heterocycles. The molecule has 1 aliphatic carbocycles. The fourth-order valence-electron chi connectivity index (χ4n) is 3.45. The number of fused-ring (bicyclic) bond motifs is 3. The van der Waals surface area contributed by atoms with E-state index in [1.807, 2.05) is 6.07 Å². The van der Waals surface area contributed by atoms with Crippen LogP contribution in [-0.4, -0.2) is 42.3 Å². The molecule has 0 radical (unpaired) electrons. The summed E-state index contributed by atoms with van der Waals surface area (Å²) in [6.07, 6.45) is 6.34. The van der Waals surface area contributed by atoms with E-state index in [1.165, 1.54) is 54.5 Å². The number of aromatic nitrogens is 1. The largest absolute Gasteiger partial charge is 0.539 e. The highest BCUT2D eigenvalue weighted by molar-refractivity contribution is 6.31. The number of nitrogens with zero attached hydrogens (tertiary/aromatic N) is 1. The number of rotatable bonds is 4. The number of aryl methyl sites for hydroxylation is 2. The maximum atomic E-state index is 9.04. The van der Waals surface area contributed by atoms with Gasteiger partial charge in [0.2, 0.25) is 0 Å². The van der Waals surface area contributed by atoms with Crippen LogP contribution in [0.15, 0.2) is 18.2 Å². The molecule has 0 atom stereocenters. The molecule has 0 bridgehead atoms. The topological polar surface area (TPSA) is 86.8 Å². The molecule has 1 heterocycles. The highest BCUT2D eigenvalue weighted by atomic mass is 35.5. The zero-order chi connectivity index (χ0) is 19.3. The van der Waals surface area contributed by atoms with Gasteiger partial charge in [-0.05, 0) is 49.4 Å². The molecule has 0 amide bonds. The van der Waals surface area contributed by atoms with E-state index >= 15 is 0 Å². The van der Waals surface area contributed by atoms with Crippen molar-refractivity contribution in [3.05, 3.63) is 34.5 Å². The lowest BCUT2D eigenvalue weighted by Crippen LogP contribution is -3.05. The van der Waals surface area contributed by atoms with E-state index in [-0.39, 0.29) is 0 Å². The monoisotopic (exact) mass is 380 g/mol. The number of carbonyl (C=O) groups excluding carboxylic acids is 1. The average Bonchev–Trinajstić information content (AvgIpc) is 2.89. The standard InChI is InChI=1S/C17H23ClN2.C2H2O4/c1-19(2)10-5-11-20-16-7-4-3-6-14(16)15-12-13(18)8-9-17(15)20;3-1(4)2(5)6/h8-9,12H,3-7,10-11H2,1-2H3;(H,3,4)(H,5,6). The SMILES string of the molecule is C[NH+](C)CCCn1c2c(c3cc(Cl)ccc31)CCCC2.O=C([O-])C(=O)O. The summed E-state index contributed by atoms with van der Waals surface area (Å²) in [7, 11) is 4.45. The van der Waals surface area contributed by atoms with Gasteiger partial charge in [-0.1, -0.05) is 11.6 Å². The van der Waals surface area contributed by atoms with Crippen molar-refractivity contribution in [2.45, 2.75) is 38.6 Å². The van der Waals surface area contributed by atoms with E-state index in [0.29, 0.717) is 0 Å². The van der Waals surface area contributed by atoms with Crippen LogP contribution in [0.5, 0.6) is 0 Å². The molecule has 0 fully saturated rings. The third-order valence-electron chi connectivity index (χ3n) is 4.57. The Labute approximate surface area is 158 Å². The van der Waals surface area contributed by atoms with E-state index in [2.05, 4.69) is 30.8 Å². The Balaban J connectivity index is 0.000000352. The fourth-order valence-corrected chi connectivity index (χ4v) is 3.63. The minimum Gasteiger partial charge on any atom is -0.539 e. The van der Waals surface area contributed by atoms with Crippen LogP contribution in [0.25, 0.3) is 10.9 Å². The summed E-state index contributed by atoms with van der Waals surface area (Å²) in [6.45, 7) is 2.36. The average molecular weight is 381 g/mol. The highest BCUT2D eigenvalue weighted by Gasteiger charge is 2.19. The van der Waals surface area contributed by atoms with Gasteiger partial charge in [-0.25, -0.2) is 4.79 Å². The molecule has 7 heteroatoms. The van der Waals surface area contributed by atoms with Crippen molar-refractivity contribution >= 4 is 34.4 Å². The Kier molecular flexibility index (Phi) is 7.06. The third kappa shape index (κ3) is 4.99. The van der Waals surface area contributed by atoms with Crippen LogP contribution >= 0.6 is 11.6 Å². The predicted molar refractivity (Wildman–Crippen MR) is 98.5 cm³/mol. The lowest BCUT2D eigenvalue weighted by molar-refractivity contribution is -0.858. The van der Waals surface area contributed by atoms with Crippen LogP contribution in [0.3, 0.4) is 0 Å². The Morgan fingerprint density at radius 3 is 2.54 bits per heavy atom. The van der Waals surface area contributed by atoms with E-state index in [0.717, 1.165) is 11.6 Å². The summed E-state index contributed by atoms with van der Waals surface area (Å²) in [6, 6.07) is 6.40. The summed E-state index contributed by atoms with van der Waals surface area (Å²) in [5, 5.41) is 18.6. The molecule has 3 rings (SSSR count). The summed E-state index contributed by atoms with van der Waals surface area (Å²) in [5.41, 5.74) is 4.52. The first-order valence-corrected chi connectivity index (χ1v) is 9.22. The van der Waals surface area contributed by atoms with Crippen LogP contribution < -0.4 is 10.0 Å². The number of aliphatic carboxylic acids is 2. The zero-order valence-electron chi connectivity index (χ0n) is 15.2. The molecule has 0 saturated carbocycles. The van der Waals surface area contributed by atoms with Crippen molar-refractivity contribution in [2.75, 3.05) is 20.6 Å². The molecule has 142 valence electrons. The molecular formula is C19H25ClN2O4. The maximum Gasteiger partial charge on any atom is 0.351 e. The van der Waals surface area contributed by atoms with E-state index in [9.17, 15) is 0 Å². The number of halogens is 1. The first-order chi connectivity index (χ1) is 12.3. The van der Waals surface area contributed by atoms with Crippen molar-refractivity contribution < 1.29 is 24.7 Å². The number of quaternary nitrogens is 1. The van der Waals surface area contributed by atoms with Gasteiger partial charge in [-0.15, -0.1) is 0 Å². The highest BCUT2D eigenvalue weighted by Crippen LogP contribution is 2.33. The Hall–Kier alpha value is -2.05. The Bertz CT molecular complexity index is 786. The van der Waals surface area contributed by atoms with Crippen LogP contribution in [0.4, 0.5) is 0 Å². The maximum absolute atomic E-state index is 9.04. The van der Waals surface area contributed by atoms with E-state index in [1.54, 1.807) is 11.3 Å². The molecule has 1 aliphatic rings. The van der Waals surface area contributed by atoms with Crippen molar-refractivity contribution in [1.29, 1.82) is 0 Å². The van der Waals surface area contributed by atoms with Gasteiger partial charge in [0.05, 0.1) is 20.6 Å².